The van der Waals surface area contributed by atoms with E-state index in [0.29, 0.717) is 17.0 Å². The summed E-state index contributed by atoms with van der Waals surface area (Å²) in [6.45, 7) is 0.314. The van der Waals surface area contributed by atoms with Crippen LogP contribution in [0.3, 0.4) is 0 Å². The van der Waals surface area contributed by atoms with Crippen LogP contribution in [0.25, 0.3) is 0 Å². The van der Waals surface area contributed by atoms with Crippen LogP contribution >= 0.6 is 0 Å². The van der Waals surface area contributed by atoms with E-state index in [1.54, 1.807) is 24.3 Å². The second-order valence-corrected chi connectivity index (χ2v) is 6.49. The van der Waals surface area contributed by atoms with Gasteiger partial charge in [0.2, 0.25) is 11.8 Å². The lowest BCUT2D eigenvalue weighted by molar-refractivity contribution is -0.137. The summed E-state index contributed by atoms with van der Waals surface area (Å²) in [5.74, 6) is -0.488. The van der Waals surface area contributed by atoms with Gasteiger partial charge >= 0.3 is 6.18 Å². The third-order valence-corrected chi connectivity index (χ3v) is 4.62. The predicted molar refractivity (Wildman–Crippen MR) is 96.7 cm³/mol. The number of amides is 2. The molecule has 1 N–H and O–H groups in total. The first-order valence-corrected chi connectivity index (χ1v) is 8.67. The Balaban J connectivity index is 1.60. The number of halogens is 3. The van der Waals surface area contributed by atoms with Gasteiger partial charge in [0.15, 0.2) is 0 Å². The lowest BCUT2D eigenvalue weighted by Crippen LogP contribution is -2.32. The number of nitrogens with zero attached hydrogens (tertiary/aromatic N) is 1. The van der Waals surface area contributed by atoms with Gasteiger partial charge in [-0.1, -0.05) is 24.3 Å². The summed E-state index contributed by atoms with van der Waals surface area (Å²) in [6, 6.07) is 11.7. The lowest BCUT2D eigenvalue weighted by atomic mass is 10.1. The van der Waals surface area contributed by atoms with Gasteiger partial charge in [-0.2, -0.15) is 13.2 Å². The van der Waals surface area contributed by atoms with Gasteiger partial charge in [-0.15, -0.1) is 0 Å². The summed E-state index contributed by atoms with van der Waals surface area (Å²) in [4.78, 5) is 26.3. The van der Waals surface area contributed by atoms with Crippen molar-refractivity contribution in [2.75, 3.05) is 18.6 Å². The topological polar surface area (TPSA) is 58.6 Å². The quantitative estimate of drug-likeness (QED) is 0.849. The highest BCUT2D eigenvalue weighted by molar-refractivity contribution is 6.01. The molecule has 2 amide bonds. The number of ether oxygens (including phenoxy) is 1. The minimum Gasteiger partial charge on any atom is -0.495 e. The van der Waals surface area contributed by atoms with Crippen LogP contribution in [0.2, 0.25) is 0 Å². The zero-order chi connectivity index (χ0) is 20.3. The summed E-state index contributed by atoms with van der Waals surface area (Å²) in [7, 11) is 1.51. The van der Waals surface area contributed by atoms with E-state index in [-0.39, 0.29) is 31.3 Å². The molecule has 1 aliphatic heterocycles. The van der Waals surface area contributed by atoms with Gasteiger partial charge in [0.1, 0.15) is 5.75 Å². The van der Waals surface area contributed by atoms with E-state index < -0.39 is 17.7 Å². The molecule has 0 aliphatic carbocycles. The zero-order valence-electron chi connectivity index (χ0n) is 15.1. The highest BCUT2D eigenvalue weighted by Crippen LogP contribution is 2.33. The Morgan fingerprint density at radius 1 is 1.18 bits per heavy atom. The molecule has 3 rings (SSSR count). The number of anilines is 1. The van der Waals surface area contributed by atoms with Crippen LogP contribution in [0.4, 0.5) is 18.9 Å². The number of hydrogen-bond donors (Lipinski definition) is 1. The fourth-order valence-corrected chi connectivity index (χ4v) is 3.11. The number of nitrogens with one attached hydrogen (secondary N) is 1. The fourth-order valence-electron chi connectivity index (χ4n) is 3.11. The second-order valence-electron chi connectivity index (χ2n) is 6.49. The van der Waals surface area contributed by atoms with Crippen molar-refractivity contribution in [1.29, 1.82) is 0 Å². The highest BCUT2D eigenvalue weighted by Gasteiger charge is 2.36. The minimum absolute atomic E-state index is 0.0664. The zero-order valence-corrected chi connectivity index (χ0v) is 15.1. The third kappa shape index (κ3) is 4.27. The Morgan fingerprint density at radius 3 is 2.50 bits per heavy atom. The summed E-state index contributed by atoms with van der Waals surface area (Å²) in [5, 5.41) is 2.69. The molecular formula is C20H19F3N2O3. The molecule has 148 valence electrons. The molecule has 0 bridgehead atoms. The number of carbonyl (C=O) groups is 2. The van der Waals surface area contributed by atoms with E-state index in [2.05, 4.69) is 5.32 Å². The molecule has 1 unspecified atom stereocenters. The third-order valence-electron chi connectivity index (χ3n) is 4.62. The van der Waals surface area contributed by atoms with Gasteiger partial charge in [-0.05, 0) is 29.8 Å². The Bertz CT molecular complexity index is 866. The largest absolute Gasteiger partial charge is 0.495 e. The average Bonchev–Trinajstić information content (AvgIpc) is 3.07. The van der Waals surface area contributed by atoms with E-state index in [0.717, 1.165) is 12.1 Å². The van der Waals surface area contributed by atoms with Gasteiger partial charge < -0.3 is 15.0 Å². The first kappa shape index (κ1) is 19.7. The van der Waals surface area contributed by atoms with Crippen LogP contribution in [0, 0.1) is 5.92 Å². The second kappa shape index (κ2) is 7.92. The Hall–Kier alpha value is -3.03. The standard InChI is InChI=1S/C20H19F3N2O3/c1-28-17-5-3-2-4-16(17)25-12-14(10-18(25)26)19(27)24-11-13-6-8-15(9-7-13)20(21,22)23/h2-9,14H,10-12H2,1H3,(H,24,27). The minimum atomic E-state index is -4.39. The van der Waals surface area contributed by atoms with Crippen molar-refractivity contribution in [1.82, 2.24) is 5.32 Å². The molecule has 28 heavy (non-hydrogen) atoms. The maximum absolute atomic E-state index is 12.6. The number of para-hydroxylation sites is 2. The smallest absolute Gasteiger partial charge is 0.416 e. The molecule has 0 saturated carbocycles. The van der Waals surface area contributed by atoms with Crippen molar-refractivity contribution in [3.63, 3.8) is 0 Å². The van der Waals surface area contributed by atoms with Crippen molar-refractivity contribution in [3.05, 3.63) is 59.7 Å². The molecule has 5 nitrogen and oxygen atoms in total. The predicted octanol–water partition coefficient (Wildman–Crippen LogP) is 3.38. The van der Waals surface area contributed by atoms with Crippen molar-refractivity contribution in [3.8, 4) is 5.75 Å². The average molecular weight is 392 g/mol. The van der Waals surface area contributed by atoms with Crippen LogP contribution in [-0.2, 0) is 22.3 Å². The molecule has 1 saturated heterocycles. The molecule has 1 atom stereocenters. The van der Waals surface area contributed by atoms with E-state index in [1.165, 1.54) is 24.1 Å². The molecule has 0 aromatic heterocycles. The van der Waals surface area contributed by atoms with Crippen LogP contribution < -0.4 is 15.0 Å². The Kier molecular flexibility index (Phi) is 5.58. The molecule has 1 heterocycles. The number of alkyl halides is 3. The lowest BCUT2D eigenvalue weighted by Gasteiger charge is -2.19. The van der Waals surface area contributed by atoms with Crippen LogP contribution in [0.5, 0.6) is 5.75 Å². The summed E-state index contributed by atoms with van der Waals surface area (Å²) >= 11 is 0. The molecular weight excluding hydrogens is 373 g/mol. The number of hydrogen-bond acceptors (Lipinski definition) is 3. The first-order chi connectivity index (χ1) is 13.3. The van der Waals surface area contributed by atoms with Crippen LogP contribution in [0.15, 0.2) is 48.5 Å². The monoisotopic (exact) mass is 392 g/mol. The van der Waals surface area contributed by atoms with Gasteiger partial charge in [0, 0.05) is 19.5 Å². The van der Waals surface area contributed by atoms with E-state index >= 15 is 0 Å². The highest BCUT2D eigenvalue weighted by atomic mass is 19.4. The molecule has 2 aromatic rings. The number of rotatable bonds is 5. The van der Waals surface area contributed by atoms with Crippen LogP contribution in [-0.4, -0.2) is 25.5 Å². The molecule has 1 aliphatic rings. The van der Waals surface area contributed by atoms with Gasteiger partial charge in [0.05, 0.1) is 24.3 Å². The molecule has 2 aromatic carbocycles. The summed E-state index contributed by atoms with van der Waals surface area (Å²) in [6.07, 6.45) is -4.33. The molecule has 8 heteroatoms. The van der Waals surface area contributed by atoms with Crippen molar-refractivity contribution >= 4 is 17.5 Å². The van der Waals surface area contributed by atoms with Crippen molar-refractivity contribution in [2.24, 2.45) is 5.92 Å². The maximum Gasteiger partial charge on any atom is 0.416 e. The Morgan fingerprint density at radius 2 is 1.86 bits per heavy atom. The van der Waals surface area contributed by atoms with Gasteiger partial charge in [-0.3, -0.25) is 9.59 Å². The summed E-state index contributed by atoms with van der Waals surface area (Å²) in [5.41, 5.74) is 0.414. The van der Waals surface area contributed by atoms with E-state index in [4.69, 9.17) is 4.74 Å². The normalized spacial score (nSPS) is 16.9. The molecule has 0 spiro atoms. The van der Waals surface area contributed by atoms with Crippen LogP contribution in [0.1, 0.15) is 17.5 Å². The van der Waals surface area contributed by atoms with E-state index in [1.807, 2.05) is 0 Å². The number of methoxy groups -OCH3 is 1. The van der Waals surface area contributed by atoms with Gasteiger partial charge in [0.25, 0.3) is 0 Å². The van der Waals surface area contributed by atoms with Gasteiger partial charge in [-0.25, -0.2) is 0 Å². The molecule has 1 fully saturated rings. The maximum atomic E-state index is 12.6. The summed E-state index contributed by atoms with van der Waals surface area (Å²) < 4.78 is 43.0. The first-order valence-electron chi connectivity index (χ1n) is 8.67. The van der Waals surface area contributed by atoms with E-state index in [9.17, 15) is 22.8 Å². The van der Waals surface area contributed by atoms with Crippen molar-refractivity contribution < 1.29 is 27.5 Å². The number of carbonyl (C=O) groups excluding carboxylic acids is 2. The number of benzene rings is 2. The SMILES string of the molecule is COc1ccccc1N1CC(C(=O)NCc2ccc(C(F)(F)F)cc2)CC1=O. The fraction of sp³-hybridized carbons (Fsp3) is 0.300. The molecule has 0 radical (unpaired) electrons. The van der Waals surface area contributed by atoms with Crippen molar-refractivity contribution in [2.45, 2.75) is 19.1 Å². The Labute approximate surface area is 160 Å².